The minimum absolute atomic E-state index is 0.544. The molecule has 0 saturated heterocycles. The fraction of sp³-hybridized carbons (Fsp3) is 0.375. The molecule has 112 valence electrons. The Hall–Kier alpha value is -2.14. The van der Waals surface area contributed by atoms with Crippen LogP contribution in [0.1, 0.15) is 35.0 Å². The van der Waals surface area contributed by atoms with Crippen LogP contribution in [0, 0.1) is 27.7 Å². The third-order valence-electron chi connectivity index (χ3n) is 3.57. The predicted octanol–water partition coefficient (Wildman–Crippen LogP) is 3.35. The van der Waals surface area contributed by atoms with Crippen molar-refractivity contribution in [3.63, 3.8) is 0 Å². The topological polar surface area (TPSA) is 73.1 Å². The van der Waals surface area contributed by atoms with E-state index >= 15 is 0 Å². The summed E-state index contributed by atoms with van der Waals surface area (Å²) in [5.74, 6) is 8.18. The molecule has 21 heavy (non-hydrogen) atoms. The van der Waals surface area contributed by atoms with Crippen LogP contribution in [0.5, 0.6) is 11.6 Å². The largest absolute Gasteiger partial charge is 0.438 e. The summed E-state index contributed by atoms with van der Waals surface area (Å²) in [6.07, 6.45) is 0.719. The Morgan fingerprint density at radius 3 is 2.43 bits per heavy atom. The van der Waals surface area contributed by atoms with Crippen molar-refractivity contribution in [3.05, 3.63) is 40.2 Å². The summed E-state index contributed by atoms with van der Waals surface area (Å²) in [4.78, 5) is 8.81. The molecule has 1 aromatic heterocycles. The molecule has 1 heterocycles. The zero-order valence-corrected chi connectivity index (χ0v) is 13.2. The SMILES string of the molecule is CCc1nc(NN)c(C)c(Oc2cc(C)cc(C)c2C)n1. The lowest BCUT2D eigenvalue weighted by Gasteiger charge is -2.15. The lowest BCUT2D eigenvalue weighted by atomic mass is 10.1. The van der Waals surface area contributed by atoms with E-state index in [1.165, 1.54) is 5.56 Å². The molecule has 0 aliphatic heterocycles. The van der Waals surface area contributed by atoms with Crippen LogP contribution in [0.25, 0.3) is 0 Å². The van der Waals surface area contributed by atoms with Gasteiger partial charge in [0.05, 0.1) is 5.56 Å². The number of nitrogens with zero attached hydrogens (tertiary/aromatic N) is 2. The maximum atomic E-state index is 6.04. The smallest absolute Gasteiger partial charge is 0.227 e. The van der Waals surface area contributed by atoms with E-state index < -0.39 is 0 Å². The first-order chi connectivity index (χ1) is 9.96. The van der Waals surface area contributed by atoms with Gasteiger partial charge in [0.2, 0.25) is 5.88 Å². The Morgan fingerprint density at radius 1 is 1.10 bits per heavy atom. The molecule has 0 bridgehead atoms. The van der Waals surface area contributed by atoms with Gasteiger partial charge in [-0.3, -0.25) is 0 Å². The lowest BCUT2D eigenvalue weighted by molar-refractivity contribution is 0.451. The summed E-state index contributed by atoms with van der Waals surface area (Å²) in [7, 11) is 0. The maximum absolute atomic E-state index is 6.04. The van der Waals surface area contributed by atoms with Crippen molar-refractivity contribution < 1.29 is 4.74 Å². The minimum atomic E-state index is 0.544. The first-order valence-corrected chi connectivity index (χ1v) is 7.06. The van der Waals surface area contributed by atoms with Gasteiger partial charge in [0.25, 0.3) is 0 Å². The third kappa shape index (κ3) is 3.13. The first kappa shape index (κ1) is 15.3. The second-order valence-electron chi connectivity index (χ2n) is 5.22. The van der Waals surface area contributed by atoms with Gasteiger partial charge in [-0.15, -0.1) is 0 Å². The van der Waals surface area contributed by atoms with E-state index in [0.29, 0.717) is 17.5 Å². The van der Waals surface area contributed by atoms with Crippen LogP contribution in [0.15, 0.2) is 12.1 Å². The van der Waals surface area contributed by atoms with Crippen molar-refractivity contribution in [3.8, 4) is 11.6 Å². The van der Waals surface area contributed by atoms with Crippen molar-refractivity contribution in [2.45, 2.75) is 41.0 Å². The summed E-state index contributed by atoms with van der Waals surface area (Å²) < 4.78 is 6.04. The Balaban J connectivity index is 2.49. The number of nitrogens with two attached hydrogens (primary N) is 1. The Bertz CT molecular complexity index is 668. The number of hydrogen-bond acceptors (Lipinski definition) is 5. The maximum Gasteiger partial charge on any atom is 0.227 e. The predicted molar refractivity (Wildman–Crippen MR) is 84.7 cm³/mol. The highest BCUT2D eigenvalue weighted by molar-refractivity contribution is 5.50. The fourth-order valence-electron chi connectivity index (χ4n) is 2.15. The standard InChI is InChI=1S/C16H22N4O/c1-6-14-18-15(20-17)12(5)16(19-14)21-13-8-9(2)7-10(3)11(13)4/h7-8H,6,17H2,1-5H3,(H,18,19,20). The summed E-state index contributed by atoms with van der Waals surface area (Å²) in [5, 5.41) is 0. The highest BCUT2D eigenvalue weighted by Gasteiger charge is 2.13. The Labute approximate surface area is 125 Å². The van der Waals surface area contributed by atoms with E-state index in [1.54, 1.807) is 0 Å². The highest BCUT2D eigenvalue weighted by Crippen LogP contribution is 2.31. The summed E-state index contributed by atoms with van der Waals surface area (Å²) in [6, 6.07) is 4.16. The second-order valence-corrected chi connectivity index (χ2v) is 5.22. The molecule has 0 aliphatic carbocycles. The van der Waals surface area contributed by atoms with Gasteiger partial charge < -0.3 is 10.2 Å². The van der Waals surface area contributed by atoms with Gasteiger partial charge in [0, 0.05) is 6.42 Å². The molecule has 2 aromatic rings. The van der Waals surface area contributed by atoms with Crippen molar-refractivity contribution in [2.75, 3.05) is 5.43 Å². The number of nitrogens with one attached hydrogen (secondary N) is 1. The van der Waals surface area contributed by atoms with Gasteiger partial charge in [0.1, 0.15) is 17.4 Å². The molecule has 0 atom stereocenters. The molecule has 2 rings (SSSR count). The van der Waals surface area contributed by atoms with E-state index in [4.69, 9.17) is 10.6 Å². The number of ether oxygens (including phenoxy) is 1. The van der Waals surface area contributed by atoms with Gasteiger partial charge >= 0.3 is 0 Å². The molecular formula is C16H22N4O. The zero-order valence-electron chi connectivity index (χ0n) is 13.2. The van der Waals surface area contributed by atoms with Crippen LogP contribution in [0.4, 0.5) is 5.82 Å². The van der Waals surface area contributed by atoms with Crippen molar-refractivity contribution in [1.82, 2.24) is 9.97 Å². The van der Waals surface area contributed by atoms with Crippen LogP contribution in [0.2, 0.25) is 0 Å². The van der Waals surface area contributed by atoms with E-state index in [2.05, 4.69) is 35.3 Å². The van der Waals surface area contributed by atoms with Crippen molar-refractivity contribution >= 4 is 5.82 Å². The summed E-state index contributed by atoms with van der Waals surface area (Å²) >= 11 is 0. The molecule has 1 aromatic carbocycles. The zero-order chi connectivity index (χ0) is 15.6. The molecule has 0 saturated carbocycles. The molecule has 0 amide bonds. The van der Waals surface area contributed by atoms with E-state index in [9.17, 15) is 0 Å². The molecule has 0 spiro atoms. The average Bonchev–Trinajstić information content (AvgIpc) is 2.46. The van der Waals surface area contributed by atoms with Crippen LogP contribution in [-0.4, -0.2) is 9.97 Å². The van der Waals surface area contributed by atoms with Crippen LogP contribution in [0.3, 0.4) is 0 Å². The number of hydrazine groups is 1. The molecule has 0 unspecified atom stereocenters. The molecule has 0 fully saturated rings. The van der Waals surface area contributed by atoms with E-state index in [-0.39, 0.29) is 0 Å². The summed E-state index contributed by atoms with van der Waals surface area (Å²) in [6.45, 7) is 10.1. The molecule has 5 nitrogen and oxygen atoms in total. The van der Waals surface area contributed by atoms with Gasteiger partial charge in [-0.05, 0) is 50.5 Å². The summed E-state index contributed by atoms with van der Waals surface area (Å²) in [5.41, 5.74) is 6.87. The number of hydrogen-bond donors (Lipinski definition) is 2. The molecule has 5 heteroatoms. The molecule has 0 aliphatic rings. The number of anilines is 1. The highest BCUT2D eigenvalue weighted by atomic mass is 16.5. The Kier molecular flexibility index (Phi) is 4.43. The van der Waals surface area contributed by atoms with E-state index in [0.717, 1.165) is 28.9 Å². The van der Waals surface area contributed by atoms with Gasteiger partial charge in [0.15, 0.2) is 0 Å². The van der Waals surface area contributed by atoms with Gasteiger partial charge in [-0.1, -0.05) is 13.0 Å². The minimum Gasteiger partial charge on any atom is -0.438 e. The number of aryl methyl sites for hydroxylation is 3. The van der Waals surface area contributed by atoms with Crippen molar-refractivity contribution in [1.29, 1.82) is 0 Å². The number of aromatic nitrogens is 2. The number of nitrogen functional groups attached to an aromatic ring is 1. The van der Waals surface area contributed by atoms with Crippen LogP contribution in [-0.2, 0) is 6.42 Å². The van der Waals surface area contributed by atoms with Crippen molar-refractivity contribution in [2.24, 2.45) is 5.84 Å². The van der Waals surface area contributed by atoms with Gasteiger partial charge in [-0.25, -0.2) is 10.8 Å². The number of benzene rings is 1. The number of rotatable bonds is 4. The molecule has 3 N–H and O–H groups in total. The quantitative estimate of drug-likeness (QED) is 0.666. The third-order valence-corrected chi connectivity index (χ3v) is 3.57. The molecular weight excluding hydrogens is 264 g/mol. The fourth-order valence-corrected chi connectivity index (χ4v) is 2.15. The monoisotopic (exact) mass is 286 g/mol. The van der Waals surface area contributed by atoms with E-state index in [1.807, 2.05) is 26.8 Å². The second kappa shape index (κ2) is 6.10. The lowest BCUT2D eigenvalue weighted by Crippen LogP contribution is -2.13. The Morgan fingerprint density at radius 2 is 1.81 bits per heavy atom. The van der Waals surface area contributed by atoms with Crippen LogP contribution >= 0.6 is 0 Å². The van der Waals surface area contributed by atoms with Crippen LogP contribution < -0.4 is 16.0 Å². The first-order valence-electron chi connectivity index (χ1n) is 7.06. The molecule has 0 radical (unpaired) electrons. The van der Waals surface area contributed by atoms with Gasteiger partial charge in [-0.2, -0.15) is 4.98 Å². The average molecular weight is 286 g/mol. The normalized spacial score (nSPS) is 10.6.